The molecule has 0 unspecified atom stereocenters. The molecule has 2 rings (SSSR count). The summed E-state index contributed by atoms with van der Waals surface area (Å²) in [5.74, 6) is 0.938. The molecule has 0 amide bonds. The van der Waals surface area contributed by atoms with Crippen LogP contribution in [-0.2, 0) is 6.42 Å². The summed E-state index contributed by atoms with van der Waals surface area (Å²) in [7, 11) is 1.71. The van der Waals surface area contributed by atoms with Crippen molar-refractivity contribution in [2.24, 2.45) is 5.41 Å². The van der Waals surface area contributed by atoms with Gasteiger partial charge < -0.3 is 10.1 Å². The number of rotatable bonds is 7. The van der Waals surface area contributed by atoms with Crippen molar-refractivity contribution in [3.8, 4) is 5.75 Å². The van der Waals surface area contributed by atoms with Gasteiger partial charge in [-0.15, -0.1) is 0 Å². The zero-order valence-electron chi connectivity index (χ0n) is 11.8. The van der Waals surface area contributed by atoms with Gasteiger partial charge in [-0.25, -0.2) is 0 Å². The van der Waals surface area contributed by atoms with Crippen molar-refractivity contribution in [1.82, 2.24) is 5.32 Å². The highest BCUT2D eigenvalue weighted by atomic mass is 16.5. The molecule has 2 nitrogen and oxygen atoms in total. The van der Waals surface area contributed by atoms with E-state index >= 15 is 0 Å². The molecule has 0 heterocycles. The Morgan fingerprint density at radius 3 is 2.44 bits per heavy atom. The molecule has 18 heavy (non-hydrogen) atoms. The normalized spacial score (nSPS) is 15.7. The fraction of sp³-hybridized carbons (Fsp3) is 0.625. The van der Waals surface area contributed by atoms with Crippen LogP contribution in [0.15, 0.2) is 24.3 Å². The zero-order valence-corrected chi connectivity index (χ0v) is 11.8. The van der Waals surface area contributed by atoms with E-state index in [1.54, 1.807) is 7.11 Å². The number of hydrogen-bond donors (Lipinski definition) is 1. The Morgan fingerprint density at radius 1 is 1.22 bits per heavy atom. The predicted molar refractivity (Wildman–Crippen MR) is 76.1 cm³/mol. The van der Waals surface area contributed by atoms with Crippen molar-refractivity contribution < 1.29 is 4.74 Å². The summed E-state index contributed by atoms with van der Waals surface area (Å²) in [6, 6.07) is 9.24. The molecule has 0 atom stereocenters. The third kappa shape index (κ3) is 4.34. The molecule has 1 aromatic carbocycles. The summed E-state index contributed by atoms with van der Waals surface area (Å²) < 4.78 is 5.18. The van der Waals surface area contributed by atoms with Gasteiger partial charge in [-0.2, -0.15) is 0 Å². The first-order valence-corrected chi connectivity index (χ1v) is 6.95. The summed E-state index contributed by atoms with van der Waals surface area (Å²) in [6.45, 7) is 5.84. The van der Waals surface area contributed by atoms with Gasteiger partial charge in [0, 0.05) is 12.6 Å². The molecule has 1 fully saturated rings. The maximum Gasteiger partial charge on any atom is 0.118 e. The lowest BCUT2D eigenvalue weighted by Gasteiger charge is -2.25. The second-order valence-electron chi connectivity index (χ2n) is 6.17. The highest BCUT2D eigenvalue weighted by molar-refractivity contribution is 5.27. The average Bonchev–Trinajstić information content (AvgIpc) is 3.19. The van der Waals surface area contributed by atoms with Gasteiger partial charge in [0.2, 0.25) is 0 Å². The first-order chi connectivity index (χ1) is 8.59. The lowest BCUT2D eigenvalue weighted by Crippen LogP contribution is -2.31. The van der Waals surface area contributed by atoms with Crippen LogP contribution in [-0.4, -0.2) is 19.7 Å². The maximum atomic E-state index is 5.18. The van der Waals surface area contributed by atoms with Gasteiger partial charge >= 0.3 is 0 Å². The Morgan fingerprint density at radius 2 is 1.89 bits per heavy atom. The van der Waals surface area contributed by atoms with Crippen molar-refractivity contribution in [3.05, 3.63) is 29.8 Å². The van der Waals surface area contributed by atoms with Gasteiger partial charge in [0.1, 0.15) is 5.75 Å². The molecule has 0 aromatic heterocycles. The smallest absolute Gasteiger partial charge is 0.118 e. The molecule has 2 heteroatoms. The minimum atomic E-state index is 0.377. The minimum Gasteiger partial charge on any atom is -0.497 e. The molecule has 1 aliphatic rings. The molecule has 1 aromatic rings. The third-order valence-electron chi connectivity index (χ3n) is 3.70. The fourth-order valence-electron chi connectivity index (χ4n) is 2.07. The summed E-state index contributed by atoms with van der Waals surface area (Å²) in [4.78, 5) is 0. The van der Waals surface area contributed by atoms with E-state index in [4.69, 9.17) is 4.74 Å². The molecule has 0 spiro atoms. The van der Waals surface area contributed by atoms with Crippen LogP contribution in [0.4, 0.5) is 0 Å². The lowest BCUT2D eigenvalue weighted by atomic mass is 9.86. The zero-order chi connectivity index (χ0) is 13.0. The molecular weight excluding hydrogens is 222 g/mol. The molecule has 0 aliphatic heterocycles. The molecule has 0 saturated heterocycles. The van der Waals surface area contributed by atoms with E-state index in [1.165, 1.54) is 24.8 Å². The number of hydrogen-bond acceptors (Lipinski definition) is 2. The van der Waals surface area contributed by atoms with E-state index in [-0.39, 0.29) is 0 Å². The Balaban J connectivity index is 1.77. The van der Waals surface area contributed by atoms with Gasteiger partial charge in [0.15, 0.2) is 0 Å². The van der Waals surface area contributed by atoms with Gasteiger partial charge in [-0.3, -0.25) is 0 Å². The second kappa shape index (κ2) is 5.75. The quantitative estimate of drug-likeness (QED) is 0.797. The molecule has 1 saturated carbocycles. The highest BCUT2D eigenvalue weighted by Crippen LogP contribution is 2.25. The average molecular weight is 247 g/mol. The molecule has 100 valence electrons. The summed E-state index contributed by atoms with van der Waals surface area (Å²) >= 11 is 0. The molecular formula is C16H25NO. The first-order valence-electron chi connectivity index (χ1n) is 6.95. The van der Waals surface area contributed by atoms with Gasteiger partial charge in [-0.05, 0) is 48.8 Å². The fourth-order valence-corrected chi connectivity index (χ4v) is 2.07. The van der Waals surface area contributed by atoms with E-state index < -0.39 is 0 Å². The van der Waals surface area contributed by atoms with Crippen LogP contribution in [0, 0.1) is 5.41 Å². The number of nitrogens with one attached hydrogen (secondary N) is 1. The predicted octanol–water partition coefficient (Wildman–Crippen LogP) is 3.41. The molecule has 1 N–H and O–H groups in total. The topological polar surface area (TPSA) is 21.3 Å². The van der Waals surface area contributed by atoms with Crippen LogP contribution in [0.5, 0.6) is 5.75 Å². The Labute approximate surface area is 111 Å². The molecule has 1 aliphatic carbocycles. The highest BCUT2D eigenvalue weighted by Gasteiger charge is 2.24. The Bertz CT molecular complexity index is 365. The van der Waals surface area contributed by atoms with Crippen molar-refractivity contribution in [2.45, 2.75) is 45.6 Å². The number of methoxy groups -OCH3 is 1. The van der Waals surface area contributed by atoms with Gasteiger partial charge in [0.25, 0.3) is 0 Å². The maximum absolute atomic E-state index is 5.18. The molecule has 0 radical (unpaired) electrons. The minimum absolute atomic E-state index is 0.377. The summed E-state index contributed by atoms with van der Waals surface area (Å²) in [5, 5.41) is 3.63. The van der Waals surface area contributed by atoms with Crippen LogP contribution in [0.3, 0.4) is 0 Å². The summed E-state index contributed by atoms with van der Waals surface area (Å²) in [6.07, 6.45) is 5.10. The lowest BCUT2D eigenvalue weighted by molar-refractivity contribution is 0.313. The van der Waals surface area contributed by atoms with E-state index in [0.717, 1.165) is 24.8 Å². The van der Waals surface area contributed by atoms with Crippen molar-refractivity contribution in [2.75, 3.05) is 13.7 Å². The van der Waals surface area contributed by atoms with E-state index in [0.29, 0.717) is 5.41 Å². The largest absolute Gasteiger partial charge is 0.497 e. The van der Waals surface area contributed by atoms with Gasteiger partial charge in [-0.1, -0.05) is 26.0 Å². The van der Waals surface area contributed by atoms with Gasteiger partial charge in [0.05, 0.1) is 7.11 Å². The van der Waals surface area contributed by atoms with Crippen LogP contribution in [0.25, 0.3) is 0 Å². The van der Waals surface area contributed by atoms with E-state index in [2.05, 4.69) is 31.3 Å². The SMILES string of the molecule is COc1ccc(CCC(C)(C)CNC2CC2)cc1. The molecule has 0 bridgehead atoms. The monoisotopic (exact) mass is 247 g/mol. The third-order valence-corrected chi connectivity index (χ3v) is 3.70. The van der Waals surface area contributed by atoms with Crippen LogP contribution >= 0.6 is 0 Å². The number of benzene rings is 1. The standard InChI is InChI=1S/C16H25NO/c1-16(2,12-17-14-6-7-14)11-10-13-4-8-15(18-3)9-5-13/h4-5,8-9,14,17H,6-7,10-12H2,1-3H3. The first kappa shape index (κ1) is 13.4. The van der Waals surface area contributed by atoms with E-state index in [1.807, 2.05) is 12.1 Å². The number of aryl methyl sites for hydroxylation is 1. The van der Waals surface area contributed by atoms with E-state index in [9.17, 15) is 0 Å². The van der Waals surface area contributed by atoms with Crippen LogP contribution < -0.4 is 10.1 Å². The van der Waals surface area contributed by atoms with Crippen molar-refractivity contribution in [1.29, 1.82) is 0 Å². The number of ether oxygens (including phenoxy) is 1. The Kier molecular flexibility index (Phi) is 4.28. The van der Waals surface area contributed by atoms with Crippen molar-refractivity contribution >= 4 is 0 Å². The second-order valence-corrected chi connectivity index (χ2v) is 6.17. The summed E-state index contributed by atoms with van der Waals surface area (Å²) in [5.41, 5.74) is 1.78. The Hall–Kier alpha value is -1.02. The van der Waals surface area contributed by atoms with Crippen molar-refractivity contribution in [3.63, 3.8) is 0 Å². The van der Waals surface area contributed by atoms with Crippen LogP contribution in [0.2, 0.25) is 0 Å². The van der Waals surface area contributed by atoms with Crippen LogP contribution in [0.1, 0.15) is 38.7 Å².